The Hall–Kier alpha value is -1.84. The Labute approximate surface area is 126 Å². The van der Waals surface area contributed by atoms with E-state index in [1.807, 2.05) is 49.1 Å². The second-order valence-electron chi connectivity index (χ2n) is 5.91. The lowest BCUT2D eigenvalue weighted by Crippen LogP contribution is -2.48. The molecule has 4 heteroatoms. The highest BCUT2D eigenvalue weighted by Gasteiger charge is 2.35. The molecule has 1 aromatic carbocycles. The summed E-state index contributed by atoms with van der Waals surface area (Å²) in [4.78, 5) is 26.5. The summed E-state index contributed by atoms with van der Waals surface area (Å²) in [5.74, 6) is 0.0920. The van der Waals surface area contributed by atoms with Gasteiger partial charge in [0, 0.05) is 13.0 Å². The zero-order valence-corrected chi connectivity index (χ0v) is 13.0. The van der Waals surface area contributed by atoms with Gasteiger partial charge in [-0.15, -0.1) is 0 Å². The summed E-state index contributed by atoms with van der Waals surface area (Å²) >= 11 is 0. The second-order valence-corrected chi connectivity index (χ2v) is 5.91. The van der Waals surface area contributed by atoms with E-state index < -0.39 is 6.04 Å². The minimum atomic E-state index is -0.419. The quantitative estimate of drug-likeness (QED) is 0.925. The number of amides is 2. The first-order valence-corrected chi connectivity index (χ1v) is 7.69. The molecule has 1 aliphatic rings. The molecule has 1 aliphatic heterocycles. The normalized spacial score (nSPS) is 21.1. The molecule has 2 rings (SSSR count). The van der Waals surface area contributed by atoms with Crippen molar-refractivity contribution < 1.29 is 9.59 Å². The molecule has 1 fully saturated rings. The van der Waals surface area contributed by atoms with Gasteiger partial charge >= 0.3 is 0 Å². The Morgan fingerprint density at radius 1 is 1.24 bits per heavy atom. The van der Waals surface area contributed by atoms with Gasteiger partial charge < -0.3 is 10.2 Å². The SMILES string of the molecule is CCC(c1ccccc1)N1CCC(=O)NC(C(C)C)C1=O. The molecule has 114 valence electrons. The van der Waals surface area contributed by atoms with Crippen LogP contribution in [-0.4, -0.2) is 29.3 Å². The average molecular weight is 288 g/mol. The number of nitrogens with one attached hydrogen (secondary N) is 1. The number of hydrogen-bond acceptors (Lipinski definition) is 2. The first kappa shape index (κ1) is 15.5. The van der Waals surface area contributed by atoms with Gasteiger partial charge in [-0.2, -0.15) is 0 Å². The predicted molar refractivity (Wildman–Crippen MR) is 82.6 cm³/mol. The Balaban J connectivity index is 2.30. The van der Waals surface area contributed by atoms with E-state index >= 15 is 0 Å². The van der Waals surface area contributed by atoms with Crippen molar-refractivity contribution in [1.82, 2.24) is 10.2 Å². The third kappa shape index (κ3) is 3.43. The molecular weight excluding hydrogens is 264 g/mol. The van der Waals surface area contributed by atoms with E-state index in [4.69, 9.17) is 0 Å². The van der Waals surface area contributed by atoms with Crippen LogP contribution in [-0.2, 0) is 9.59 Å². The van der Waals surface area contributed by atoms with Crippen molar-refractivity contribution in [2.75, 3.05) is 6.54 Å². The maximum absolute atomic E-state index is 12.8. The first-order chi connectivity index (χ1) is 10.0. The molecule has 0 spiro atoms. The highest BCUT2D eigenvalue weighted by atomic mass is 16.2. The average Bonchev–Trinajstić information content (AvgIpc) is 2.62. The van der Waals surface area contributed by atoms with Crippen LogP contribution in [0.15, 0.2) is 30.3 Å². The third-order valence-corrected chi connectivity index (χ3v) is 4.06. The predicted octanol–water partition coefficient (Wildman–Crippen LogP) is 2.51. The molecule has 2 atom stereocenters. The van der Waals surface area contributed by atoms with Crippen LogP contribution in [0.3, 0.4) is 0 Å². The van der Waals surface area contributed by atoms with E-state index in [0.717, 1.165) is 12.0 Å². The molecule has 4 nitrogen and oxygen atoms in total. The van der Waals surface area contributed by atoms with Crippen molar-refractivity contribution in [3.05, 3.63) is 35.9 Å². The van der Waals surface area contributed by atoms with Crippen LogP contribution < -0.4 is 5.32 Å². The van der Waals surface area contributed by atoms with Crippen LogP contribution in [0.1, 0.15) is 45.2 Å². The zero-order chi connectivity index (χ0) is 15.4. The number of rotatable bonds is 4. The van der Waals surface area contributed by atoms with E-state index in [2.05, 4.69) is 12.2 Å². The van der Waals surface area contributed by atoms with Crippen molar-refractivity contribution >= 4 is 11.8 Å². The fourth-order valence-corrected chi connectivity index (χ4v) is 2.89. The Kier molecular flexibility index (Phi) is 4.99. The lowest BCUT2D eigenvalue weighted by atomic mass is 9.99. The van der Waals surface area contributed by atoms with Crippen molar-refractivity contribution in [3.63, 3.8) is 0 Å². The molecule has 0 aromatic heterocycles. The second kappa shape index (κ2) is 6.74. The van der Waals surface area contributed by atoms with E-state index in [-0.39, 0.29) is 23.8 Å². The molecule has 0 radical (unpaired) electrons. The molecule has 1 N–H and O–H groups in total. The van der Waals surface area contributed by atoms with Gasteiger partial charge in [0.25, 0.3) is 0 Å². The van der Waals surface area contributed by atoms with Crippen molar-refractivity contribution in [2.24, 2.45) is 5.92 Å². The monoisotopic (exact) mass is 288 g/mol. The van der Waals surface area contributed by atoms with Crippen molar-refractivity contribution in [2.45, 2.75) is 45.7 Å². The van der Waals surface area contributed by atoms with Gasteiger partial charge in [0.05, 0.1) is 6.04 Å². The summed E-state index contributed by atoms with van der Waals surface area (Å²) in [6, 6.07) is 9.67. The van der Waals surface area contributed by atoms with E-state index in [1.54, 1.807) is 0 Å². The van der Waals surface area contributed by atoms with Gasteiger partial charge in [0.15, 0.2) is 0 Å². The molecule has 2 unspecified atom stereocenters. The fraction of sp³-hybridized carbons (Fsp3) is 0.529. The maximum atomic E-state index is 12.8. The fourth-order valence-electron chi connectivity index (χ4n) is 2.89. The minimum absolute atomic E-state index is 0.0338. The molecule has 1 saturated heterocycles. The highest BCUT2D eigenvalue weighted by Crippen LogP contribution is 2.27. The molecule has 0 aliphatic carbocycles. The molecule has 1 aromatic rings. The minimum Gasteiger partial charge on any atom is -0.344 e. The number of carbonyl (C=O) groups is 2. The maximum Gasteiger partial charge on any atom is 0.245 e. The van der Waals surface area contributed by atoms with Gasteiger partial charge in [-0.25, -0.2) is 0 Å². The van der Waals surface area contributed by atoms with Crippen LogP contribution in [0.4, 0.5) is 0 Å². The topological polar surface area (TPSA) is 49.4 Å². The van der Waals surface area contributed by atoms with Crippen LogP contribution >= 0.6 is 0 Å². The van der Waals surface area contributed by atoms with Crippen LogP contribution in [0, 0.1) is 5.92 Å². The Morgan fingerprint density at radius 3 is 2.48 bits per heavy atom. The largest absolute Gasteiger partial charge is 0.344 e. The Bertz CT molecular complexity index is 499. The lowest BCUT2D eigenvalue weighted by Gasteiger charge is -2.33. The summed E-state index contributed by atoms with van der Waals surface area (Å²) in [7, 11) is 0. The van der Waals surface area contributed by atoms with Crippen molar-refractivity contribution in [1.29, 1.82) is 0 Å². The molecule has 1 heterocycles. The standard InChI is InChI=1S/C17H24N2O2/c1-4-14(13-8-6-5-7-9-13)19-11-10-15(20)18-16(12(2)3)17(19)21/h5-9,12,14,16H,4,10-11H2,1-3H3,(H,18,20). The number of hydrogen-bond donors (Lipinski definition) is 1. The van der Waals surface area contributed by atoms with Gasteiger partial charge in [-0.05, 0) is 17.9 Å². The molecular formula is C17H24N2O2. The molecule has 0 bridgehead atoms. The summed E-state index contributed by atoms with van der Waals surface area (Å²) < 4.78 is 0. The lowest BCUT2D eigenvalue weighted by molar-refractivity contribution is -0.137. The van der Waals surface area contributed by atoms with Gasteiger partial charge in [0.2, 0.25) is 11.8 Å². The number of carbonyl (C=O) groups excluding carboxylic acids is 2. The molecule has 21 heavy (non-hydrogen) atoms. The summed E-state index contributed by atoms with van der Waals surface area (Å²) in [5, 5.41) is 2.86. The van der Waals surface area contributed by atoms with E-state index in [0.29, 0.717) is 13.0 Å². The summed E-state index contributed by atoms with van der Waals surface area (Å²) in [5.41, 5.74) is 1.13. The smallest absolute Gasteiger partial charge is 0.245 e. The third-order valence-electron chi connectivity index (χ3n) is 4.06. The van der Waals surface area contributed by atoms with E-state index in [9.17, 15) is 9.59 Å². The summed E-state index contributed by atoms with van der Waals surface area (Å²) in [6.07, 6.45) is 1.22. The van der Waals surface area contributed by atoms with Crippen LogP contribution in [0.2, 0.25) is 0 Å². The van der Waals surface area contributed by atoms with Crippen molar-refractivity contribution in [3.8, 4) is 0 Å². The number of nitrogens with zero attached hydrogens (tertiary/aromatic N) is 1. The Morgan fingerprint density at radius 2 is 1.90 bits per heavy atom. The molecule has 2 amide bonds. The highest BCUT2D eigenvalue weighted by molar-refractivity contribution is 5.90. The number of benzene rings is 1. The summed E-state index contributed by atoms with van der Waals surface area (Å²) in [6.45, 7) is 6.50. The molecule has 0 saturated carbocycles. The van der Waals surface area contributed by atoms with Crippen LogP contribution in [0.25, 0.3) is 0 Å². The van der Waals surface area contributed by atoms with Gasteiger partial charge in [0.1, 0.15) is 6.04 Å². The van der Waals surface area contributed by atoms with Gasteiger partial charge in [-0.1, -0.05) is 51.1 Å². The first-order valence-electron chi connectivity index (χ1n) is 7.69. The van der Waals surface area contributed by atoms with Crippen LogP contribution in [0.5, 0.6) is 0 Å². The zero-order valence-electron chi connectivity index (χ0n) is 13.0. The van der Waals surface area contributed by atoms with Gasteiger partial charge in [-0.3, -0.25) is 9.59 Å². The van der Waals surface area contributed by atoms with E-state index in [1.165, 1.54) is 0 Å².